The van der Waals surface area contributed by atoms with Crippen molar-refractivity contribution in [2.24, 2.45) is 0 Å². The van der Waals surface area contributed by atoms with Gasteiger partial charge in [-0.15, -0.1) is 0 Å². The maximum absolute atomic E-state index is 5.34. The van der Waals surface area contributed by atoms with Gasteiger partial charge in [0.1, 0.15) is 0 Å². The molecule has 1 N–H and O–H groups in total. The molecule has 0 saturated heterocycles. The van der Waals surface area contributed by atoms with Gasteiger partial charge in [-0.1, -0.05) is 13.3 Å². The van der Waals surface area contributed by atoms with E-state index in [1.165, 1.54) is 19.4 Å². The molecule has 0 rings (SSSR count). The maximum atomic E-state index is 5.34. The number of rotatable bonds is 10. The Balaban J connectivity index is 3.27. The smallest absolute Gasteiger partial charge is 0.0616 e. The van der Waals surface area contributed by atoms with Crippen molar-refractivity contribution in [1.82, 2.24) is 10.2 Å². The van der Waals surface area contributed by atoms with Crippen molar-refractivity contribution in [3.8, 4) is 0 Å². The number of likely N-dealkylation sites (N-methyl/N-ethyl adjacent to an activating group) is 1. The van der Waals surface area contributed by atoms with Crippen LogP contribution in [0.2, 0.25) is 0 Å². The fourth-order valence-electron chi connectivity index (χ4n) is 1.40. The molecule has 0 aromatic carbocycles. The van der Waals surface area contributed by atoms with Crippen molar-refractivity contribution >= 4 is 0 Å². The second-order valence-electron chi connectivity index (χ2n) is 4.17. The Morgan fingerprint density at radius 2 is 2.00 bits per heavy atom. The van der Waals surface area contributed by atoms with Crippen LogP contribution in [0.15, 0.2) is 0 Å². The Morgan fingerprint density at radius 1 is 1.27 bits per heavy atom. The number of unbranched alkanes of at least 4 members (excludes halogenated alkanes) is 1. The first kappa shape index (κ1) is 14.9. The predicted octanol–water partition coefficient (Wildman–Crippen LogP) is 1.73. The minimum Gasteiger partial charge on any atom is -0.380 e. The first-order chi connectivity index (χ1) is 7.20. The van der Waals surface area contributed by atoms with E-state index >= 15 is 0 Å². The predicted molar refractivity (Wildman–Crippen MR) is 66.4 cm³/mol. The molecular formula is C12H28N2O. The Labute approximate surface area is 95.2 Å². The molecule has 0 saturated carbocycles. The molecule has 0 radical (unpaired) electrons. The van der Waals surface area contributed by atoms with Crippen LogP contribution in [0, 0.1) is 0 Å². The molecule has 0 fully saturated rings. The summed E-state index contributed by atoms with van der Waals surface area (Å²) in [5.41, 5.74) is 0. The molecule has 0 aromatic heterocycles. The third-order valence-corrected chi connectivity index (χ3v) is 2.45. The lowest BCUT2D eigenvalue weighted by atomic mass is 10.3. The monoisotopic (exact) mass is 216 g/mol. The normalized spacial score (nSPS) is 13.4. The van der Waals surface area contributed by atoms with Crippen LogP contribution in [0.25, 0.3) is 0 Å². The van der Waals surface area contributed by atoms with Crippen LogP contribution in [0.1, 0.15) is 33.6 Å². The first-order valence-corrected chi connectivity index (χ1v) is 6.20. The topological polar surface area (TPSA) is 24.5 Å². The van der Waals surface area contributed by atoms with Crippen LogP contribution < -0.4 is 5.32 Å². The van der Waals surface area contributed by atoms with Crippen LogP contribution in [0.5, 0.6) is 0 Å². The van der Waals surface area contributed by atoms with Gasteiger partial charge in [-0.25, -0.2) is 0 Å². The van der Waals surface area contributed by atoms with Crippen LogP contribution in [-0.4, -0.2) is 50.8 Å². The van der Waals surface area contributed by atoms with Gasteiger partial charge in [0.25, 0.3) is 0 Å². The van der Waals surface area contributed by atoms with Crippen LogP contribution >= 0.6 is 0 Å². The lowest BCUT2D eigenvalue weighted by molar-refractivity contribution is 0.126. The van der Waals surface area contributed by atoms with Gasteiger partial charge < -0.3 is 15.0 Å². The highest BCUT2D eigenvalue weighted by atomic mass is 16.5. The van der Waals surface area contributed by atoms with E-state index in [1.807, 2.05) is 6.92 Å². The van der Waals surface area contributed by atoms with Crippen molar-refractivity contribution < 1.29 is 4.74 Å². The largest absolute Gasteiger partial charge is 0.380 e. The minimum atomic E-state index is 0.463. The van der Waals surface area contributed by atoms with Crippen molar-refractivity contribution in [3.63, 3.8) is 0 Å². The molecular weight excluding hydrogens is 188 g/mol. The fraction of sp³-hybridized carbons (Fsp3) is 1.00. The Kier molecular flexibility index (Phi) is 10.3. The number of nitrogens with one attached hydrogen (secondary N) is 1. The average molecular weight is 216 g/mol. The highest BCUT2D eigenvalue weighted by Crippen LogP contribution is 1.91. The van der Waals surface area contributed by atoms with Gasteiger partial charge in [-0.05, 0) is 33.9 Å². The van der Waals surface area contributed by atoms with Crippen molar-refractivity contribution in [1.29, 1.82) is 0 Å². The highest BCUT2D eigenvalue weighted by molar-refractivity contribution is 4.61. The summed E-state index contributed by atoms with van der Waals surface area (Å²) >= 11 is 0. The standard InChI is InChI=1S/C12H28N2O/c1-5-7-9-14(4)10-8-13-12(3)11-15-6-2/h12-13H,5-11H2,1-4H3. The number of ether oxygens (including phenoxy) is 1. The molecule has 0 amide bonds. The lowest BCUT2D eigenvalue weighted by Gasteiger charge is -2.19. The third kappa shape index (κ3) is 10.2. The van der Waals surface area contributed by atoms with E-state index in [1.54, 1.807) is 0 Å². The third-order valence-electron chi connectivity index (χ3n) is 2.45. The van der Waals surface area contributed by atoms with Gasteiger partial charge >= 0.3 is 0 Å². The van der Waals surface area contributed by atoms with Crippen LogP contribution in [0.3, 0.4) is 0 Å². The van der Waals surface area contributed by atoms with Crippen LogP contribution in [-0.2, 0) is 4.74 Å². The minimum absolute atomic E-state index is 0.463. The van der Waals surface area contributed by atoms with E-state index in [0.29, 0.717) is 6.04 Å². The molecule has 3 heteroatoms. The average Bonchev–Trinajstić information content (AvgIpc) is 2.23. The summed E-state index contributed by atoms with van der Waals surface area (Å²) in [6, 6.07) is 0.463. The summed E-state index contributed by atoms with van der Waals surface area (Å²) in [7, 11) is 2.19. The van der Waals surface area contributed by atoms with E-state index < -0.39 is 0 Å². The molecule has 0 spiro atoms. The lowest BCUT2D eigenvalue weighted by Crippen LogP contribution is -2.37. The van der Waals surface area contributed by atoms with Crippen molar-refractivity contribution in [3.05, 3.63) is 0 Å². The molecule has 1 atom stereocenters. The SMILES string of the molecule is CCCCN(C)CCNC(C)COCC. The molecule has 15 heavy (non-hydrogen) atoms. The number of hydrogen-bond donors (Lipinski definition) is 1. The molecule has 0 aliphatic heterocycles. The van der Waals surface area contributed by atoms with Crippen molar-refractivity contribution in [2.75, 3.05) is 39.9 Å². The molecule has 0 aromatic rings. The summed E-state index contributed by atoms with van der Waals surface area (Å²) in [5, 5.41) is 3.46. The molecule has 92 valence electrons. The summed E-state index contributed by atoms with van der Waals surface area (Å²) in [4.78, 5) is 2.38. The summed E-state index contributed by atoms with van der Waals surface area (Å²) in [6.45, 7) is 11.4. The van der Waals surface area contributed by atoms with Gasteiger partial charge in [0.2, 0.25) is 0 Å². The molecule has 0 heterocycles. The number of hydrogen-bond acceptors (Lipinski definition) is 3. The Bertz CT molecular complexity index is 117. The second-order valence-corrected chi connectivity index (χ2v) is 4.17. The summed E-state index contributed by atoms with van der Waals surface area (Å²) in [6.07, 6.45) is 2.57. The van der Waals surface area contributed by atoms with Gasteiger partial charge in [-0.3, -0.25) is 0 Å². The van der Waals surface area contributed by atoms with E-state index in [0.717, 1.165) is 26.3 Å². The summed E-state index contributed by atoms with van der Waals surface area (Å²) in [5.74, 6) is 0. The zero-order chi connectivity index (χ0) is 11.5. The molecule has 3 nitrogen and oxygen atoms in total. The zero-order valence-electron chi connectivity index (χ0n) is 10.9. The van der Waals surface area contributed by atoms with Gasteiger partial charge in [0.15, 0.2) is 0 Å². The Hall–Kier alpha value is -0.120. The second kappa shape index (κ2) is 10.4. The van der Waals surface area contributed by atoms with Gasteiger partial charge in [0, 0.05) is 25.7 Å². The zero-order valence-corrected chi connectivity index (χ0v) is 10.9. The molecule has 0 bridgehead atoms. The van der Waals surface area contributed by atoms with E-state index in [2.05, 4.69) is 31.1 Å². The molecule has 1 unspecified atom stereocenters. The Morgan fingerprint density at radius 3 is 2.60 bits per heavy atom. The van der Waals surface area contributed by atoms with Crippen molar-refractivity contribution in [2.45, 2.75) is 39.7 Å². The highest BCUT2D eigenvalue weighted by Gasteiger charge is 2.01. The van der Waals surface area contributed by atoms with Gasteiger partial charge in [0.05, 0.1) is 6.61 Å². The quantitative estimate of drug-likeness (QED) is 0.602. The van der Waals surface area contributed by atoms with E-state index in [9.17, 15) is 0 Å². The first-order valence-electron chi connectivity index (χ1n) is 6.20. The van der Waals surface area contributed by atoms with Gasteiger partial charge in [-0.2, -0.15) is 0 Å². The maximum Gasteiger partial charge on any atom is 0.0616 e. The summed E-state index contributed by atoms with van der Waals surface area (Å²) < 4.78 is 5.34. The number of nitrogens with zero attached hydrogens (tertiary/aromatic N) is 1. The fourth-order valence-corrected chi connectivity index (χ4v) is 1.40. The van der Waals surface area contributed by atoms with Crippen LogP contribution in [0.4, 0.5) is 0 Å². The molecule has 0 aliphatic rings. The van der Waals surface area contributed by atoms with E-state index in [4.69, 9.17) is 4.74 Å². The molecule has 0 aliphatic carbocycles. The van der Waals surface area contributed by atoms with E-state index in [-0.39, 0.29) is 0 Å².